The third kappa shape index (κ3) is 11.4. The van der Waals surface area contributed by atoms with E-state index in [-0.39, 0.29) is 0 Å². The summed E-state index contributed by atoms with van der Waals surface area (Å²) in [4.78, 5) is 7.20. The molecule has 1 rings (SSSR count). The lowest BCUT2D eigenvalue weighted by atomic mass is 10.1. The Morgan fingerprint density at radius 3 is 2.09 bits per heavy atom. The van der Waals surface area contributed by atoms with E-state index in [1.165, 1.54) is 77.0 Å². The minimum Gasteiger partial charge on any atom is -0.345 e. The van der Waals surface area contributed by atoms with E-state index >= 15 is 0 Å². The molecular formula is C20H34N2. The number of aromatic amines is 1. The lowest BCUT2D eigenvalue weighted by molar-refractivity contribution is 0.550. The van der Waals surface area contributed by atoms with Crippen molar-refractivity contribution < 1.29 is 0 Å². The molecule has 2 heteroatoms. The Morgan fingerprint density at radius 1 is 0.864 bits per heavy atom. The SMILES string of the molecule is CCCCCCCCCCCCCC=CC=Cc1ncc[nH]1. The number of hydrogen-bond acceptors (Lipinski definition) is 1. The van der Waals surface area contributed by atoms with E-state index in [2.05, 4.69) is 35.1 Å². The number of rotatable bonds is 14. The highest BCUT2D eigenvalue weighted by molar-refractivity contribution is 5.42. The predicted octanol–water partition coefficient (Wildman–Crippen LogP) is 6.68. The molecule has 0 fully saturated rings. The zero-order valence-corrected chi connectivity index (χ0v) is 14.4. The Labute approximate surface area is 137 Å². The molecule has 0 bridgehead atoms. The van der Waals surface area contributed by atoms with E-state index in [0.717, 1.165) is 5.82 Å². The molecule has 1 N–H and O–H groups in total. The molecule has 1 aromatic heterocycles. The molecule has 0 saturated carbocycles. The van der Waals surface area contributed by atoms with E-state index in [1.807, 2.05) is 12.3 Å². The van der Waals surface area contributed by atoms with Gasteiger partial charge in [-0.1, -0.05) is 89.4 Å². The normalized spacial score (nSPS) is 11.9. The van der Waals surface area contributed by atoms with Crippen LogP contribution in [-0.4, -0.2) is 9.97 Å². The highest BCUT2D eigenvalue weighted by Crippen LogP contribution is 2.12. The van der Waals surface area contributed by atoms with Crippen LogP contribution in [-0.2, 0) is 0 Å². The van der Waals surface area contributed by atoms with Crippen LogP contribution in [0.3, 0.4) is 0 Å². The predicted molar refractivity (Wildman–Crippen MR) is 97.8 cm³/mol. The minimum absolute atomic E-state index is 0.916. The molecule has 124 valence electrons. The van der Waals surface area contributed by atoms with Gasteiger partial charge in [-0.2, -0.15) is 0 Å². The topological polar surface area (TPSA) is 28.7 Å². The molecule has 0 amide bonds. The Hall–Kier alpha value is -1.31. The van der Waals surface area contributed by atoms with Crippen molar-refractivity contribution in [1.82, 2.24) is 9.97 Å². The lowest BCUT2D eigenvalue weighted by Gasteiger charge is -2.01. The Balaban J connectivity index is 1.80. The molecule has 0 aliphatic rings. The number of nitrogens with one attached hydrogen (secondary N) is 1. The Kier molecular flexibility index (Phi) is 12.5. The number of unbranched alkanes of at least 4 members (excludes halogenated alkanes) is 11. The average molecular weight is 303 g/mol. The molecule has 0 saturated heterocycles. The summed E-state index contributed by atoms with van der Waals surface area (Å²) < 4.78 is 0. The van der Waals surface area contributed by atoms with Crippen LogP contribution in [0.15, 0.2) is 30.6 Å². The fourth-order valence-corrected chi connectivity index (χ4v) is 2.62. The van der Waals surface area contributed by atoms with Crippen molar-refractivity contribution in [3.63, 3.8) is 0 Å². The van der Waals surface area contributed by atoms with Crippen molar-refractivity contribution in [2.24, 2.45) is 0 Å². The van der Waals surface area contributed by atoms with Gasteiger partial charge in [0, 0.05) is 12.4 Å². The van der Waals surface area contributed by atoms with Crippen LogP contribution in [0.1, 0.15) is 89.8 Å². The summed E-state index contributed by atoms with van der Waals surface area (Å²) in [6.07, 6.45) is 28.8. The molecule has 0 aliphatic carbocycles. The van der Waals surface area contributed by atoms with Crippen molar-refractivity contribution in [1.29, 1.82) is 0 Å². The van der Waals surface area contributed by atoms with E-state index < -0.39 is 0 Å². The number of nitrogens with zero attached hydrogens (tertiary/aromatic N) is 1. The first kappa shape index (κ1) is 18.7. The third-order valence-corrected chi connectivity index (χ3v) is 4.00. The minimum atomic E-state index is 0.916. The first-order valence-corrected chi connectivity index (χ1v) is 9.26. The van der Waals surface area contributed by atoms with Crippen LogP contribution in [0.4, 0.5) is 0 Å². The molecule has 0 spiro atoms. The standard InChI is InChI=1S/C20H34N2/c1-2-3-4-5-6-7-8-9-10-11-12-13-14-15-16-17-20-21-18-19-22-20/h14-19H,2-13H2,1H3,(H,21,22). The number of aromatic nitrogens is 2. The summed E-state index contributed by atoms with van der Waals surface area (Å²) in [6.45, 7) is 2.28. The molecule has 2 nitrogen and oxygen atoms in total. The van der Waals surface area contributed by atoms with Gasteiger partial charge in [-0.25, -0.2) is 4.98 Å². The zero-order chi connectivity index (χ0) is 15.7. The summed E-state index contributed by atoms with van der Waals surface area (Å²) in [6, 6.07) is 0. The quantitative estimate of drug-likeness (QED) is 0.301. The molecule has 0 radical (unpaired) electrons. The van der Waals surface area contributed by atoms with Gasteiger partial charge >= 0.3 is 0 Å². The van der Waals surface area contributed by atoms with Gasteiger partial charge in [-0.15, -0.1) is 0 Å². The second kappa shape index (κ2) is 14.6. The van der Waals surface area contributed by atoms with Gasteiger partial charge < -0.3 is 4.98 Å². The molecule has 0 atom stereocenters. The van der Waals surface area contributed by atoms with Crippen LogP contribution in [0.2, 0.25) is 0 Å². The average Bonchev–Trinajstić information content (AvgIpc) is 3.04. The maximum atomic E-state index is 4.14. The summed E-state index contributed by atoms with van der Waals surface area (Å²) in [5.74, 6) is 0.916. The van der Waals surface area contributed by atoms with Gasteiger partial charge in [0.25, 0.3) is 0 Å². The summed E-state index contributed by atoms with van der Waals surface area (Å²) >= 11 is 0. The fraction of sp³-hybridized carbons (Fsp3) is 0.650. The largest absolute Gasteiger partial charge is 0.345 e. The van der Waals surface area contributed by atoms with Crippen LogP contribution >= 0.6 is 0 Å². The van der Waals surface area contributed by atoms with Crippen molar-refractivity contribution in [2.45, 2.75) is 84.0 Å². The third-order valence-electron chi connectivity index (χ3n) is 4.00. The molecule has 22 heavy (non-hydrogen) atoms. The maximum Gasteiger partial charge on any atom is 0.129 e. The lowest BCUT2D eigenvalue weighted by Crippen LogP contribution is -1.81. The fourth-order valence-electron chi connectivity index (χ4n) is 2.62. The van der Waals surface area contributed by atoms with Crippen molar-refractivity contribution in [3.05, 3.63) is 36.4 Å². The molecule has 0 aliphatic heterocycles. The highest BCUT2D eigenvalue weighted by atomic mass is 14.9. The maximum absolute atomic E-state index is 4.14. The van der Waals surface area contributed by atoms with E-state index in [0.29, 0.717) is 0 Å². The second-order valence-electron chi connectivity index (χ2n) is 6.09. The van der Waals surface area contributed by atoms with Crippen molar-refractivity contribution in [3.8, 4) is 0 Å². The van der Waals surface area contributed by atoms with Gasteiger partial charge in [0.05, 0.1) is 0 Å². The second-order valence-corrected chi connectivity index (χ2v) is 6.09. The first-order chi connectivity index (χ1) is 10.9. The molecule has 1 heterocycles. The smallest absolute Gasteiger partial charge is 0.129 e. The van der Waals surface area contributed by atoms with E-state index in [1.54, 1.807) is 6.20 Å². The van der Waals surface area contributed by atoms with Gasteiger partial charge in [-0.3, -0.25) is 0 Å². The summed E-state index contributed by atoms with van der Waals surface area (Å²) in [5, 5.41) is 0. The van der Waals surface area contributed by atoms with Gasteiger partial charge in [-0.05, 0) is 18.9 Å². The molecule has 1 aromatic rings. The number of hydrogen-bond donors (Lipinski definition) is 1. The van der Waals surface area contributed by atoms with Gasteiger partial charge in [0.15, 0.2) is 0 Å². The van der Waals surface area contributed by atoms with Gasteiger partial charge in [0.2, 0.25) is 0 Å². The van der Waals surface area contributed by atoms with Crippen molar-refractivity contribution >= 4 is 6.08 Å². The van der Waals surface area contributed by atoms with Crippen LogP contribution in [0, 0.1) is 0 Å². The summed E-state index contributed by atoms with van der Waals surface area (Å²) in [5.41, 5.74) is 0. The molecule has 0 aromatic carbocycles. The number of imidazole rings is 1. The monoisotopic (exact) mass is 302 g/mol. The first-order valence-electron chi connectivity index (χ1n) is 9.26. The number of H-pyrrole nitrogens is 1. The van der Waals surface area contributed by atoms with Gasteiger partial charge in [0.1, 0.15) is 5.82 Å². The van der Waals surface area contributed by atoms with Crippen LogP contribution in [0.5, 0.6) is 0 Å². The highest BCUT2D eigenvalue weighted by Gasteiger charge is 1.92. The zero-order valence-electron chi connectivity index (χ0n) is 14.4. The Bertz CT molecular complexity index is 376. The van der Waals surface area contributed by atoms with Crippen LogP contribution in [0.25, 0.3) is 6.08 Å². The summed E-state index contributed by atoms with van der Waals surface area (Å²) in [7, 11) is 0. The van der Waals surface area contributed by atoms with E-state index in [9.17, 15) is 0 Å². The van der Waals surface area contributed by atoms with Crippen molar-refractivity contribution in [2.75, 3.05) is 0 Å². The number of allylic oxidation sites excluding steroid dienone is 3. The Morgan fingerprint density at radius 2 is 1.50 bits per heavy atom. The molecule has 0 unspecified atom stereocenters. The van der Waals surface area contributed by atoms with E-state index in [4.69, 9.17) is 0 Å². The van der Waals surface area contributed by atoms with Crippen LogP contribution < -0.4 is 0 Å². The molecular weight excluding hydrogens is 268 g/mol.